The Labute approximate surface area is 124 Å². The molecule has 1 aromatic heterocycles. The van der Waals surface area contributed by atoms with Crippen molar-refractivity contribution >= 4 is 5.69 Å². The number of rotatable bonds is 3. The average molecular weight is 287 g/mol. The van der Waals surface area contributed by atoms with Crippen molar-refractivity contribution in [3.05, 3.63) is 30.1 Å². The Bertz CT molecular complexity index is 615. The highest BCUT2D eigenvalue weighted by Gasteiger charge is 2.40. The topological polar surface area (TPSA) is 74.2 Å². The van der Waals surface area contributed by atoms with Crippen LogP contribution in [0, 0.1) is 5.92 Å². The van der Waals surface area contributed by atoms with Crippen LogP contribution in [0.15, 0.2) is 28.8 Å². The molecule has 1 aliphatic rings. The molecule has 1 aromatic carbocycles. The van der Waals surface area contributed by atoms with Gasteiger partial charge < -0.3 is 15.0 Å². The molecule has 0 radical (unpaired) electrons. The summed E-state index contributed by atoms with van der Waals surface area (Å²) in [6.07, 6.45) is 4.10. The second-order valence-electron chi connectivity index (χ2n) is 5.93. The van der Waals surface area contributed by atoms with Crippen LogP contribution < -0.4 is 5.73 Å². The number of benzene rings is 1. The quantitative estimate of drug-likeness (QED) is 0.876. The first-order chi connectivity index (χ1) is 10.1. The van der Waals surface area contributed by atoms with E-state index in [9.17, 15) is 0 Å². The van der Waals surface area contributed by atoms with Gasteiger partial charge in [0.2, 0.25) is 5.82 Å². The van der Waals surface area contributed by atoms with Crippen molar-refractivity contribution < 1.29 is 9.26 Å². The summed E-state index contributed by atoms with van der Waals surface area (Å²) in [6.45, 7) is 2.27. The van der Waals surface area contributed by atoms with Crippen molar-refractivity contribution in [3.63, 3.8) is 0 Å². The fraction of sp³-hybridized carbons (Fsp3) is 0.500. The number of ether oxygens (including phenoxy) is 1. The van der Waals surface area contributed by atoms with Crippen LogP contribution in [-0.4, -0.2) is 17.3 Å². The maximum atomic E-state index is 5.80. The van der Waals surface area contributed by atoms with Gasteiger partial charge in [-0.05, 0) is 49.8 Å². The predicted octanol–water partition coefficient (Wildman–Crippen LogP) is 3.37. The lowest BCUT2D eigenvalue weighted by atomic mass is 9.79. The normalized spacial score (nSPS) is 25.9. The molecule has 0 amide bonds. The van der Waals surface area contributed by atoms with E-state index in [-0.39, 0.29) is 0 Å². The first-order valence-corrected chi connectivity index (χ1v) is 7.38. The second kappa shape index (κ2) is 5.48. The molecule has 3 rings (SSSR count). The van der Waals surface area contributed by atoms with Gasteiger partial charge in [0.05, 0.1) is 0 Å². The molecule has 0 spiro atoms. The zero-order valence-electron chi connectivity index (χ0n) is 12.5. The molecule has 0 atom stereocenters. The van der Waals surface area contributed by atoms with E-state index in [0.29, 0.717) is 17.4 Å². The molecule has 1 heterocycles. The number of methoxy groups -OCH3 is 1. The van der Waals surface area contributed by atoms with E-state index in [1.54, 1.807) is 7.11 Å². The zero-order chi connectivity index (χ0) is 14.9. The SMILES string of the molecule is COC1(c2noc(-c3cccc(N)c3)n2)CCC(C)CC1. The molecular weight excluding hydrogens is 266 g/mol. The van der Waals surface area contributed by atoms with Crippen LogP contribution in [0.1, 0.15) is 38.4 Å². The predicted molar refractivity (Wildman–Crippen MR) is 80.5 cm³/mol. The van der Waals surface area contributed by atoms with Crippen LogP contribution >= 0.6 is 0 Å². The molecule has 1 saturated carbocycles. The summed E-state index contributed by atoms with van der Waals surface area (Å²) in [5.41, 5.74) is 6.91. The van der Waals surface area contributed by atoms with Crippen molar-refractivity contribution in [3.8, 4) is 11.5 Å². The van der Waals surface area contributed by atoms with Crippen molar-refractivity contribution in [1.29, 1.82) is 0 Å². The molecule has 2 aromatic rings. The Morgan fingerprint density at radius 2 is 2.10 bits per heavy atom. The summed E-state index contributed by atoms with van der Waals surface area (Å²) in [5.74, 6) is 1.87. The van der Waals surface area contributed by atoms with E-state index in [1.165, 1.54) is 0 Å². The number of hydrogen-bond donors (Lipinski definition) is 1. The molecule has 112 valence electrons. The average Bonchev–Trinajstić information content (AvgIpc) is 2.99. The lowest BCUT2D eigenvalue weighted by Crippen LogP contribution is -2.34. The summed E-state index contributed by atoms with van der Waals surface area (Å²) >= 11 is 0. The standard InChI is InChI=1S/C16H21N3O2/c1-11-6-8-16(20-2,9-7-11)15-18-14(21-19-15)12-4-3-5-13(17)10-12/h3-5,10-11H,6-9,17H2,1-2H3. The molecule has 5 nitrogen and oxygen atoms in total. The molecule has 5 heteroatoms. The van der Waals surface area contributed by atoms with Crippen LogP contribution in [0.25, 0.3) is 11.5 Å². The van der Waals surface area contributed by atoms with E-state index in [2.05, 4.69) is 17.1 Å². The summed E-state index contributed by atoms with van der Waals surface area (Å²) in [5, 5.41) is 4.16. The Hall–Kier alpha value is -1.88. The van der Waals surface area contributed by atoms with Crippen LogP contribution in [0.4, 0.5) is 5.69 Å². The van der Waals surface area contributed by atoms with Crippen molar-refractivity contribution in [2.45, 2.75) is 38.2 Å². The van der Waals surface area contributed by atoms with Crippen molar-refractivity contribution in [2.75, 3.05) is 12.8 Å². The molecule has 1 fully saturated rings. The summed E-state index contributed by atoms with van der Waals surface area (Å²) in [4.78, 5) is 4.55. The summed E-state index contributed by atoms with van der Waals surface area (Å²) in [6, 6.07) is 7.46. The Morgan fingerprint density at radius 1 is 1.33 bits per heavy atom. The third-order valence-corrected chi connectivity index (χ3v) is 4.44. The third kappa shape index (κ3) is 2.65. The second-order valence-corrected chi connectivity index (χ2v) is 5.93. The van der Waals surface area contributed by atoms with Gasteiger partial charge in [-0.3, -0.25) is 0 Å². The van der Waals surface area contributed by atoms with Crippen molar-refractivity contribution in [2.24, 2.45) is 5.92 Å². The zero-order valence-corrected chi connectivity index (χ0v) is 12.5. The molecule has 1 aliphatic carbocycles. The lowest BCUT2D eigenvalue weighted by molar-refractivity contribution is -0.0609. The smallest absolute Gasteiger partial charge is 0.258 e. The highest BCUT2D eigenvalue weighted by Crippen LogP contribution is 2.41. The van der Waals surface area contributed by atoms with Crippen LogP contribution in [0.3, 0.4) is 0 Å². The van der Waals surface area contributed by atoms with E-state index in [0.717, 1.165) is 37.2 Å². The van der Waals surface area contributed by atoms with Gasteiger partial charge in [0.25, 0.3) is 5.89 Å². The Kier molecular flexibility index (Phi) is 3.68. The number of nitrogens with zero attached hydrogens (tertiary/aromatic N) is 2. The highest BCUT2D eigenvalue weighted by molar-refractivity contribution is 5.59. The van der Waals surface area contributed by atoms with Crippen molar-refractivity contribution in [1.82, 2.24) is 10.1 Å². The molecule has 21 heavy (non-hydrogen) atoms. The number of aromatic nitrogens is 2. The van der Waals surface area contributed by atoms with E-state index in [4.69, 9.17) is 15.0 Å². The van der Waals surface area contributed by atoms with Gasteiger partial charge in [0.15, 0.2) is 0 Å². The molecule has 0 bridgehead atoms. The molecular formula is C16H21N3O2. The number of nitrogens with two attached hydrogens (primary N) is 1. The number of anilines is 1. The molecule has 0 aliphatic heterocycles. The largest absolute Gasteiger partial charge is 0.399 e. The maximum absolute atomic E-state index is 5.80. The van der Waals surface area contributed by atoms with Crippen LogP contribution in [0.2, 0.25) is 0 Å². The third-order valence-electron chi connectivity index (χ3n) is 4.44. The van der Waals surface area contributed by atoms with Gasteiger partial charge in [-0.2, -0.15) is 4.98 Å². The van der Waals surface area contributed by atoms with Gasteiger partial charge >= 0.3 is 0 Å². The fourth-order valence-electron chi connectivity index (χ4n) is 2.94. The summed E-state index contributed by atoms with van der Waals surface area (Å²) < 4.78 is 11.2. The first kappa shape index (κ1) is 14.1. The van der Waals surface area contributed by atoms with E-state index >= 15 is 0 Å². The minimum atomic E-state index is -0.408. The van der Waals surface area contributed by atoms with Gasteiger partial charge in [0.1, 0.15) is 5.60 Å². The summed E-state index contributed by atoms with van der Waals surface area (Å²) in [7, 11) is 1.73. The van der Waals surface area contributed by atoms with Crippen LogP contribution in [0.5, 0.6) is 0 Å². The maximum Gasteiger partial charge on any atom is 0.258 e. The van der Waals surface area contributed by atoms with E-state index in [1.807, 2.05) is 24.3 Å². The first-order valence-electron chi connectivity index (χ1n) is 7.38. The lowest BCUT2D eigenvalue weighted by Gasteiger charge is -2.35. The minimum absolute atomic E-state index is 0.408. The van der Waals surface area contributed by atoms with Crippen LogP contribution in [-0.2, 0) is 10.3 Å². The monoisotopic (exact) mass is 287 g/mol. The van der Waals surface area contributed by atoms with Gasteiger partial charge in [-0.25, -0.2) is 0 Å². The van der Waals surface area contributed by atoms with Gasteiger partial charge in [0, 0.05) is 18.4 Å². The molecule has 0 unspecified atom stereocenters. The highest BCUT2D eigenvalue weighted by atomic mass is 16.5. The Morgan fingerprint density at radius 3 is 2.76 bits per heavy atom. The van der Waals surface area contributed by atoms with E-state index < -0.39 is 5.60 Å². The Balaban J connectivity index is 1.90. The number of nitrogen functional groups attached to an aromatic ring is 1. The van der Waals surface area contributed by atoms with Gasteiger partial charge in [-0.1, -0.05) is 18.1 Å². The number of hydrogen-bond acceptors (Lipinski definition) is 5. The van der Waals surface area contributed by atoms with Gasteiger partial charge in [-0.15, -0.1) is 0 Å². The minimum Gasteiger partial charge on any atom is -0.399 e. The molecule has 0 saturated heterocycles. The molecule has 2 N–H and O–H groups in total. The fourth-order valence-corrected chi connectivity index (χ4v) is 2.94.